The number of hydrogen-bond acceptors (Lipinski definition) is 4. The number of benzene rings is 2. The molecule has 0 aliphatic carbocycles. The van der Waals surface area contributed by atoms with Crippen LogP contribution in [0.3, 0.4) is 0 Å². The number of carbonyl (C=O) groups excluding carboxylic acids is 2. The van der Waals surface area contributed by atoms with Gasteiger partial charge in [0.15, 0.2) is 6.29 Å². The first-order valence-corrected chi connectivity index (χ1v) is 10.3. The second kappa shape index (κ2) is 9.01. The van der Waals surface area contributed by atoms with Crippen molar-refractivity contribution in [3.05, 3.63) is 72.3 Å². The van der Waals surface area contributed by atoms with Crippen molar-refractivity contribution < 1.29 is 9.59 Å². The zero-order chi connectivity index (χ0) is 21.8. The van der Waals surface area contributed by atoms with Gasteiger partial charge in [-0.05, 0) is 12.5 Å². The number of rotatable bonds is 5. The summed E-state index contributed by atoms with van der Waals surface area (Å²) in [6, 6.07) is 20.8. The summed E-state index contributed by atoms with van der Waals surface area (Å²) in [7, 11) is 0. The standard InChI is InChI=1S/C23H26N6O2/c1-15-16(2)25-22(27-21(15)30)29-20(13-19(28-29)18-11-7-4-8-12-18)26-23(31)24-14-17-9-5-3-6-10-17/h3-13,15-16,22,25H,14H2,1-2H3,(H,27,30)(H2,24,26,31). The van der Waals surface area contributed by atoms with E-state index in [2.05, 4.69) is 26.4 Å². The molecule has 4 rings (SSSR count). The van der Waals surface area contributed by atoms with Gasteiger partial charge in [0.1, 0.15) is 5.82 Å². The average molecular weight is 419 g/mol. The summed E-state index contributed by atoms with van der Waals surface area (Å²) in [6.07, 6.45) is -0.569. The lowest BCUT2D eigenvalue weighted by Gasteiger charge is -2.34. The van der Waals surface area contributed by atoms with Gasteiger partial charge in [-0.25, -0.2) is 9.48 Å². The molecule has 31 heavy (non-hydrogen) atoms. The van der Waals surface area contributed by atoms with Gasteiger partial charge in [-0.2, -0.15) is 5.10 Å². The first-order chi connectivity index (χ1) is 15.0. The van der Waals surface area contributed by atoms with E-state index >= 15 is 0 Å². The molecule has 4 N–H and O–H groups in total. The van der Waals surface area contributed by atoms with Gasteiger partial charge in [-0.1, -0.05) is 67.6 Å². The fourth-order valence-corrected chi connectivity index (χ4v) is 3.43. The summed E-state index contributed by atoms with van der Waals surface area (Å²) in [5.41, 5.74) is 2.61. The van der Waals surface area contributed by atoms with E-state index in [1.807, 2.05) is 74.5 Å². The molecule has 3 amide bonds. The van der Waals surface area contributed by atoms with E-state index in [1.54, 1.807) is 10.7 Å². The monoisotopic (exact) mass is 418 g/mol. The molecule has 1 aromatic heterocycles. The van der Waals surface area contributed by atoms with Crippen molar-refractivity contribution in [1.29, 1.82) is 0 Å². The predicted octanol–water partition coefficient (Wildman–Crippen LogP) is 3.07. The van der Waals surface area contributed by atoms with Crippen LogP contribution in [0.15, 0.2) is 66.7 Å². The maximum Gasteiger partial charge on any atom is 0.320 e. The van der Waals surface area contributed by atoms with Crippen LogP contribution in [0.2, 0.25) is 0 Å². The summed E-state index contributed by atoms with van der Waals surface area (Å²) in [5.74, 6) is 0.252. The zero-order valence-corrected chi connectivity index (χ0v) is 17.5. The molecule has 0 radical (unpaired) electrons. The molecule has 8 heteroatoms. The van der Waals surface area contributed by atoms with Gasteiger partial charge in [0.25, 0.3) is 0 Å². The van der Waals surface area contributed by atoms with Gasteiger partial charge < -0.3 is 10.6 Å². The Labute approximate surface area is 181 Å². The third-order valence-corrected chi connectivity index (χ3v) is 5.45. The Balaban J connectivity index is 1.57. The number of urea groups is 1. The lowest BCUT2D eigenvalue weighted by atomic mass is 10.0. The van der Waals surface area contributed by atoms with Crippen molar-refractivity contribution in [1.82, 2.24) is 25.7 Å². The SMILES string of the molecule is CC1NC(n2nc(-c3ccccc3)cc2NC(=O)NCc2ccccc2)NC(=O)C1C. The fraction of sp³-hybridized carbons (Fsp3) is 0.261. The molecule has 3 atom stereocenters. The van der Waals surface area contributed by atoms with Gasteiger partial charge >= 0.3 is 6.03 Å². The quantitative estimate of drug-likeness (QED) is 0.512. The van der Waals surface area contributed by atoms with E-state index in [9.17, 15) is 9.59 Å². The molecule has 1 saturated heterocycles. The van der Waals surface area contributed by atoms with Crippen molar-refractivity contribution in [3.63, 3.8) is 0 Å². The molecule has 1 fully saturated rings. The van der Waals surface area contributed by atoms with Crippen LogP contribution in [0.25, 0.3) is 11.3 Å². The van der Waals surface area contributed by atoms with Gasteiger partial charge in [0, 0.05) is 24.2 Å². The minimum atomic E-state index is -0.569. The molecule has 3 aromatic rings. The lowest BCUT2D eigenvalue weighted by molar-refractivity contribution is -0.130. The van der Waals surface area contributed by atoms with E-state index < -0.39 is 6.29 Å². The van der Waals surface area contributed by atoms with Gasteiger partial charge in [0.05, 0.1) is 11.6 Å². The summed E-state index contributed by atoms with van der Waals surface area (Å²) in [4.78, 5) is 24.9. The van der Waals surface area contributed by atoms with Crippen LogP contribution in [0.4, 0.5) is 10.6 Å². The Morgan fingerprint density at radius 2 is 1.74 bits per heavy atom. The van der Waals surface area contributed by atoms with Crippen LogP contribution in [-0.4, -0.2) is 27.8 Å². The van der Waals surface area contributed by atoms with Crippen LogP contribution in [0.1, 0.15) is 25.7 Å². The summed E-state index contributed by atoms with van der Waals surface area (Å²) >= 11 is 0. The highest BCUT2D eigenvalue weighted by atomic mass is 16.2. The van der Waals surface area contributed by atoms with Crippen molar-refractivity contribution in [2.75, 3.05) is 5.32 Å². The number of hydrogen-bond donors (Lipinski definition) is 4. The highest BCUT2D eigenvalue weighted by molar-refractivity contribution is 5.89. The molecule has 160 valence electrons. The highest BCUT2D eigenvalue weighted by Crippen LogP contribution is 2.25. The van der Waals surface area contributed by atoms with Crippen LogP contribution < -0.4 is 21.3 Å². The minimum absolute atomic E-state index is 0.0390. The number of nitrogens with zero attached hydrogens (tertiary/aromatic N) is 2. The van der Waals surface area contributed by atoms with Gasteiger partial charge in [-0.15, -0.1) is 0 Å². The van der Waals surface area contributed by atoms with Crippen molar-refractivity contribution >= 4 is 17.8 Å². The minimum Gasteiger partial charge on any atom is -0.334 e. The van der Waals surface area contributed by atoms with Crippen molar-refractivity contribution in [2.24, 2.45) is 5.92 Å². The third-order valence-electron chi connectivity index (χ3n) is 5.45. The molecule has 8 nitrogen and oxygen atoms in total. The first-order valence-electron chi connectivity index (χ1n) is 10.3. The van der Waals surface area contributed by atoms with Gasteiger partial charge in [0.2, 0.25) is 5.91 Å². The van der Waals surface area contributed by atoms with Crippen molar-refractivity contribution in [2.45, 2.75) is 32.7 Å². The molecule has 2 aromatic carbocycles. The number of anilines is 1. The smallest absolute Gasteiger partial charge is 0.320 e. The zero-order valence-electron chi connectivity index (χ0n) is 17.5. The molecule has 0 spiro atoms. The average Bonchev–Trinajstić information content (AvgIpc) is 3.21. The Morgan fingerprint density at radius 3 is 2.42 bits per heavy atom. The predicted molar refractivity (Wildman–Crippen MR) is 119 cm³/mol. The maximum absolute atomic E-state index is 12.6. The summed E-state index contributed by atoms with van der Waals surface area (Å²) in [5, 5.41) is 16.7. The molecule has 0 bridgehead atoms. The lowest BCUT2D eigenvalue weighted by Crippen LogP contribution is -2.57. The number of carbonyl (C=O) groups is 2. The van der Waals surface area contributed by atoms with E-state index in [-0.39, 0.29) is 23.9 Å². The molecule has 3 unspecified atom stereocenters. The van der Waals surface area contributed by atoms with E-state index in [0.29, 0.717) is 18.1 Å². The normalized spacial score (nSPS) is 20.7. The Bertz CT molecular complexity index is 1050. The second-order valence-corrected chi connectivity index (χ2v) is 7.67. The summed E-state index contributed by atoms with van der Waals surface area (Å²) < 4.78 is 1.60. The molecular weight excluding hydrogens is 392 g/mol. The third kappa shape index (κ3) is 4.75. The number of amides is 3. The molecular formula is C23H26N6O2. The topological polar surface area (TPSA) is 100 Å². The molecule has 1 aliphatic heterocycles. The van der Waals surface area contributed by atoms with E-state index in [4.69, 9.17) is 0 Å². The van der Waals surface area contributed by atoms with Crippen molar-refractivity contribution in [3.8, 4) is 11.3 Å². The van der Waals surface area contributed by atoms with E-state index in [0.717, 1.165) is 11.1 Å². The van der Waals surface area contributed by atoms with Crippen LogP contribution >= 0.6 is 0 Å². The fourth-order valence-electron chi connectivity index (χ4n) is 3.43. The highest BCUT2D eigenvalue weighted by Gasteiger charge is 2.32. The van der Waals surface area contributed by atoms with Crippen LogP contribution in [-0.2, 0) is 11.3 Å². The number of nitrogens with one attached hydrogen (secondary N) is 4. The Hall–Kier alpha value is -3.65. The summed E-state index contributed by atoms with van der Waals surface area (Å²) in [6.45, 7) is 4.23. The Kier molecular flexibility index (Phi) is 5.99. The van der Waals surface area contributed by atoms with Gasteiger partial charge in [-0.3, -0.25) is 15.4 Å². The van der Waals surface area contributed by atoms with E-state index in [1.165, 1.54) is 0 Å². The molecule has 0 saturated carbocycles. The molecule has 2 heterocycles. The Morgan fingerprint density at radius 1 is 1.06 bits per heavy atom. The second-order valence-electron chi connectivity index (χ2n) is 7.67. The van der Waals surface area contributed by atoms with Crippen LogP contribution in [0.5, 0.6) is 0 Å². The maximum atomic E-state index is 12.6. The largest absolute Gasteiger partial charge is 0.334 e. The molecule has 1 aliphatic rings. The van der Waals surface area contributed by atoms with Crippen LogP contribution in [0, 0.1) is 5.92 Å². The first kappa shape index (κ1) is 20.6. The number of aromatic nitrogens is 2.